The van der Waals surface area contributed by atoms with Crippen molar-refractivity contribution >= 4 is 24.0 Å². The van der Waals surface area contributed by atoms with E-state index in [0.29, 0.717) is 0 Å². The van der Waals surface area contributed by atoms with E-state index in [1.165, 1.54) is 24.8 Å². The van der Waals surface area contributed by atoms with Crippen molar-refractivity contribution in [3.8, 4) is 5.75 Å². The highest BCUT2D eigenvalue weighted by Crippen LogP contribution is 2.48. The second-order valence-corrected chi connectivity index (χ2v) is 8.99. The monoisotopic (exact) mass is 419 g/mol. The predicted molar refractivity (Wildman–Crippen MR) is 118 cm³/mol. The summed E-state index contributed by atoms with van der Waals surface area (Å²) in [6.07, 6.45) is 6.72. The van der Waals surface area contributed by atoms with Crippen molar-refractivity contribution in [2.24, 2.45) is 5.41 Å². The molecule has 1 atom stereocenters. The summed E-state index contributed by atoms with van der Waals surface area (Å²) in [4.78, 5) is 12.7. The Morgan fingerprint density at radius 3 is 2.81 bits per heavy atom. The second kappa shape index (κ2) is 8.06. The van der Waals surface area contributed by atoms with Crippen LogP contribution in [-0.2, 0) is 24.1 Å². The van der Waals surface area contributed by atoms with Crippen LogP contribution in [-0.4, -0.2) is 35.6 Å². The van der Waals surface area contributed by atoms with Gasteiger partial charge in [-0.25, -0.2) is 0 Å². The van der Waals surface area contributed by atoms with Crippen LogP contribution < -0.4 is 10.1 Å². The number of hydrogen-bond acceptors (Lipinski definition) is 5. The van der Waals surface area contributed by atoms with Gasteiger partial charge in [0.25, 0.3) is 0 Å². The van der Waals surface area contributed by atoms with Gasteiger partial charge in [-0.3, -0.25) is 4.79 Å². The summed E-state index contributed by atoms with van der Waals surface area (Å²) in [5.74, 6) is -0.161. The van der Waals surface area contributed by atoms with Crippen LogP contribution in [0.2, 0.25) is 0 Å². The van der Waals surface area contributed by atoms with Gasteiger partial charge < -0.3 is 24.5 Å². The molecule has 1 aliphatic heterocycles. The molecule has 1 saturated carbocycles. The topological polar surface area (TPSA) is 91.9 Å². The van der Waals surface area contributed by atoms with Crippen molar-refractivity contribution < 1.29 is 24.0 Å². The molecule has 2 aromatic carbocycles. The van der Waals surface area contributed by atoms with E-state index < -0.39 is 13.1 Å². The summed E-state index contributed by atoms with van der Waals surface area (Å²) in [6, 6.07) is 13.5. The molecule has 2 aliphatic rings. The molecule has 5 rings (SSSR count). The smallest absolute Gasteiger partial charge is 0.475 e. The number of hydrogen-bond donors (Lipinski definition) is 3. The zero-order valence-electron chi connectivity index (χ0n) is 17.3. The van der Waals surface area contributed by atoms with Crippen molar-refractivity contribution in [2.45, 2.75) is 44.5 Å². The van der Waals surface area contributed by atoms with E-state index in [1.54, 1.807) is 6.26 Å². The fourth-order valence-corrected chi connectivity index (χ4v) is 4.81. The maximum absolute atomic E-state index is 12.7. The summed E-state index contributed by atoms with van der Waals surface area (Å²) in [6.45, 7) is 0.790. The lowest BCUT2D eigenvalue weighted by Gasteiger charge is -2.44. The number of carbonyl (C=O) groups is 1. The summed E-state index contributed by atoms with van der Waals surface area (Å²) < 4.78 is 11.5. The van der Waals surface area contributed by atoms with Gasteiger partial charge in [0.05, 0.1) is 25.2 Å². The molecule has 0 bridgehead atoms. The minimum atomic E-state index is -1.67. The Morgan fingerprint density at radius 2 is 2.03 bits per heavy atom. The van der Waals surface area contributed by atoms with Crippen molar-refractivity contribution in [1.29, 1.82) is 0 Å². The Morgan fingerprint density at radius 1 is 1.19 bits per heavy atom. The van der Waals surface area contributed by atoms with Gasteiger partial charge in [-0.15, -0.1) is 0 Å². The lowest BCUT2D eigenvalue weighted by atomic mass is 9.65. The number of nitrogens with one attached hydrogen (secondary N) is 1. The normalized spacial score (nSPS) is 17.5. The van der Waals surface area contributed by atoms with Crippen LogP contribution in [0.3, 0.4) is 0 Å². The number of rotatable bonds is 6. The Hall–Kier alpha value is -2.77. The number of para-hydroxylation sites is 1. The Bertz CT molecular complexity index is 1100. The van der Waals surface area contributed by atoms with E-state index in [9.17, 15) is 14.8 Å². The van der Waals surface area contributed by atoms with Crippen LogP contribution in [0.1, 0.15) is 36.0 Å². The molecule has 1 unspecified atom stereocenters. The maximum Gasteiger partial charge on any atom is 0.475 e. The van der Waals surface area contributed by atoms with Gasteiger partial charge in [-0.05, 0) is 54.5 Å². The van der Waals surface area contributed by atoms with E-state index in [0.717, 1.165) is 40.9 Å². The van der Waals surface area contributed by atoms with E-state index in [2.05, 4.69) is 11.4 Å². The van der Waals surface area contributed by atoms with Gasteiger partial charge in [0.1, 0.15) is 11.3 Å². The number of fused-ring (bicyclic) bond motifs is 2. The van der Waals surface area contributed by atoms with Crippen LogP contribution in [0, 0.1) is 5.41 Å². The molecule has 1 amide bonds. The third-order valence-electron chi connectivity index (χ3n) is 6.71. The molecule has 2 heterocycles. The third-order valence-corrected chi connectivity index (χ3v) is 6.71. The first-order chi connectivity index (χ1) is 15.0. The van der Waals surface area contributed by atoms with Gasteiger partial charge in [-0.1, -0.05) is 36.8 Å². The van der Waals surface area contributed by atoms with Gasteiger partial charge in [0, 0.05) is 10.8 Å². The molecule has 1 spiro atoms. The van der Waals surface area contributed by atoms with Gasteiger partial charge >= 0.3 is 7.12 Å². The standard InChI is InChI=1S/C24H26BNO5/c27-23(11-16-6-7-20-17(10-16)13-24(15-31-20)8-3-9-24)26-22(25(28)29)12-18-14-30-21-5-2-1-4-19(18)21/h1-2,4-7,10,14,22,28-29H,3,8-9,11-13,15H2,(H,26,27). The molecule has 6 nitrogen and oxygen atoms in total. The second-order valence-electron chi connectivity index (χ2n) is 8.99. The van der Waals surface area contributed by atoms with Crippen molar-refractivity contribution in [2.75, 3.05) is 6.61 Å². The average molecular weight is 419 g/mol. The van der Waals surface area contributed by atoms with E-state index in [-0.39, 0.29) is 24.2 Å². The first kappa shape index (κ1) is 20.2. The summed E-state index contributed by atoms with van der Waals surface area (Å²) in [5, 5.41) is 23.4. The van der Waals surface area contributed by atoms with Crippen LogP contribution in [0.5, 0.6) is 5.75 Å². The van der Waals surface area contributed by atoms with Crippen LogP contribution in [0.4, 0.5) is 0 Å². The molecule has 1 aliphatic carbocycles. The molecule has 0 saturated heterocycles. The largest absolute Gasteiger partial charge is 0.493 e. The molecule has 3 N–H and O–H groups in total. The lowest BCUT2D eigenvalue weighted by Crippen LogP contribution is -2.48. The molecule has 160 valence electrons. The first-order valence-corrected chi connectivity index (χ1v) is 10.9. The molecule has 1 aromatic heterocycles. The Kier molecular flexibility index (Phi) is 5.24. The Balaban J connectivity index is 1.26. The van der Waals surface area contributed by atoms with Crippen LogP contribution in [0.15, 0.2) is 53.1 Å². The maximum atomic E-state index is 12.7. The highest BCUT2D eigenvalue weighted by molar-refractivity contribution is 6.43. The zero-order chi connectivity index (χ0) is 21.4. The van der Waals surface area contributed by atoms with Gasteiger partial charge in [-0.2, -0.15) is 0 Å². The minimum Gasteiger partial charge on any atom is -0.493 e. The quantitative estimate of drug-likeness (QED) is 0.535. The number of furan rings is 1. The van der Waals surface area contributed by atoms with Gasteiger partial charge in [0.2, 0.25) is 5.91 Å². The van der Waals surface area contributed by atoms with Crippen molar-refractivity contribution in [1.82, 2.24) is 5.32 Å². The number of benzene rings is 2. The van der Waals surface area contributed by atoms with Gasteiger partial charge in [0.15, 0.2) is 0 Å². The highest BCUT2D eigenvalue weighted by Gasteiger charge is 2.41. The number of amides is 1. The summed E-state index contributed by atoms with van der Waals surface area (Å²) in [7, 11) is -1.67. The molecule has 31 heavy (non-hydrogen) atoms. The number of carbonyl (C=O) groups excluding carboxylic acids is 1. The van der Waals surface area contributed by atoms with Crippen molar-refractivity contribution in [3.63, 3.8) is 0 Å². The number of ether oxygens (including phenoxy) is 1. The molecular weight excluding hydrogens is 393 g/mol. The molecular formula is C24H26BNO5. The molecule has 1 fully saturated rings. The summed E-state index contributed by atoms with van der Waals surface area (Å²) in [5.41, 5.74) is 3.91. The first-order valence-electron chi connectivity index (χ1n) is 10.9. The van der Waals surface area contributed by atoms with E-state index in [1.807, 2.05) is 36.4 Å². The third kappa shape index (κ3) is 4.08. The highest BCUT2D eigenvalue weighted by atomic mass is 16.5. The van der Waals surface area contributed by atoms with Crippen LogP contribution in [0.25, 0.3) is 11.0 Å². The molecule has 0 radical (unpaired) electrons. The SMILES string of the molecule is O=C(Cc1ccc2c(c1)CC1(CCC1)CO2)NC(Cc1coc2ccccc12)B(O)O. The zero-order valence-corrected chi connectivity index (χ0v) is 17.3. The van der Waals surface area contributed by atoms with Crippen LogP contribution >= 0.6 is 0 Å². The predicted octanol–water partition coefficient (Wildman–Crippen LogP) is 2.82. The fraction of sp³-hybridized carbons (Fsp3) is 0.375. The van der Waals surface area contributed by atoms with Crippen molar-refractivity contribution in [3.05, 3.63) is 65.4 Å². The van der Waals surface area contributed by atoms with E-state index >= 15 is 0 Å². The minimum absolute atomic E-state index is 0.176. The average Bonchev–Trinajstić information content (AvgIpc) is 3.14. The fourth-order valence-electron chi connectivity index (χ4n) is 4.81. The summed E-state index contributed by atoms with van der Waals surface area (Å²) >= 11 is 0. The molecule has 7 heteroatoms. The van der Waals surface area contributed by atoms with E-state index in [4.69, 9.17) is 9.15 Å². The Labute approximate surface area is 181 Å². The lowest BCUT2D eigenvalue weighted by molar-refractivity contribution is -0.120. The molecule has 3 aromatic rings.